The van der Waals surface area contributed by atoms with E-state index in [9.17, 15) is 9.59 Å². The average Bonchev–Trinajstić information content (AvgIpc) is 3.21. The largest absolute Gasteiger partial charge is 0.479 e. The molecular formula is C25H26N4O3S. The maximum Gasteiger partial charge on any atom is 0.267 e. The number of ether oxygens (including phenoxy) is 1. The predicted molar refractivity (Wildman–Crippen MR) is 129 cm³/mol. The molecule has 33 heavy (non-hydrogen) atoms. The van der Waals surface area contributed by atoms with Crippen LogP contribution in [0.2, 0.25) is 0 Å². The van der Waals surface area contributed by atoms with Crippen LogP contribution in [-0.4, -0.2) is 40.9 Å². The highest BCUT2D eigenvalue weighted by atomic mass is 32.1. The van der Waals surface area contributed by atoms with Crippen LogP contribution in [0.3, 0.4) is 0 Å². The fourth-order valence-electron chi connectivity index (χ4n) is 4.26. The molecule has 8 heteroatoms. The van der Waals surface area contributed by atoms with Crippen molar-refractivity contribution in [1.29, 1.82) is 0 Å². The fourth-order valence-corrected chi connectivity index (χ4v) is 5.33. The number of hydrogen-bond donors (Lipinski definition) is 1. The Morgan fingerprint density at radius 3 is 2.82 bits per heavy atom. The van der Waals surface area contributed by atoms with Gasteiger partial charge in [0.25, 0.3) is 5.91 Å². The molecule has 0 spiro atoms. The van der Waals surface area contributed by atoms with Gasteiger partial charge in [-0.2, -0.15) is 0 Å². The van der Waals surface area contributed by atoms with Gasteiger partial charge in [-0.15, -0.1) is 11.3 Å². The first-order valence-electron chi connectivity index (χ1n) is 11.2. The van der Waals surface area contributed by atoms with E-state index in [4.69, 9.17) is 4.74 Å². The molecule has 0 bridgehead atoms. The van der Waals surface area contributed by atoms with Crippen LogP contribution >= 0.6 is 11.3 Å². The van der Waals surface area contributed by atoms with Crippen molar-refractivity contribution in [2.45, 2.75) is 39.0 Å². The number of anilines is 2. The number of carbonyl (C=O) groups excluding carboxylic acids is 2. The van der Waals surface area contributed by atoms with Crippen LogP contribution in [0.15, 0.2) is 54.6 Å². The third kappa shape index (κ3) is 4.77. The van der Waals surface area contributed by atoms with Crippen molar-refractivity contribution in [3.8, 4) is 5.75 Å². The van der Waals surface area contributed by atoms with Crippen molar-refractivity contribution in [3.05, 3.63) is 70.7 Å². The topological polar surface area (TPSA) is 74.8 Å². The molecular weight excluding hydrogens is 436 g/mol. The summed E-state index contributed by atoms with van der Waals surface area (Å²) in [6.45, 7) is 4.73. The summed E-state index contributed by atoms with van der Waals surface area (Å²) in [7, 11) is 0. The zero-order valence-corrected chi connectivity index (χ0v) is 19.3. The second kappa shape index (κ2) is 9.33. The van der Waals surface area contributed by atoms with Crippen molar-refractivity contribution in [2.24, 2.45) is 0 Å². The van der Waals surface area contributed by atoms with Gasteiger partial charge in [0.05, 0.1) is 11.4 Å². The summed E-state index contributed by atoms with van der Waals surface area (Å²) >= 11 is 1.54. The van der Waals surface area contributed by atoms with Gasteiger partial charge in [-0.05, 0) is 24.6 Å². The van der Waals surface area contributed by atoms with Gasteiger partial charge in [0.2, 0.25) is 5.91 Å². The normalized spacial score (nSPS) is 17.8. The minimum Gasteiger partial charge on any atom is -0.479 e. The molecule has 0 saturated heterocycles. The first kappa shape index (κ1) is 21.6. The van der Waals surface area contributed by atoms with Gasteiger partial charge >= 0.3 is 0 Å². The van der Waals surface area contributed by atoms with Crippen molar-refractivity contribution in [1.82, 2.24) is 9.88 Å². The van der Waals surface area contributed by atoms with E-state index >= 15 is 0 Å². The Morgan fingerprint density at radius 2 is 1.97 bits per heavy atom. The zero-order chi connectivity index (χ0) is 22.8. The number of thiazole rings is 1. The summed E-state index contributed by atoms with van der Waals surface area (Å²) in [5, 5.41) is 3.57. The fraction of sp³-hybridized carbons (Fsp3) is 0.320. The van der Waals surface area contributed by atoms with E-state index in [2.05, 4.69) is 39.5 Å². The molecule has 7 nitrogen and oxygen atoms in total. The quantitative estimate of drug-likeness (QED) is 0.602. The van der Waals surface area contributed by atoms with Gasteiger partial charge in [-0.3, -0.25) is 14.5 Å². The molecule has 5 rings (SSSR count). The highest BCUT2D eigenvalue weighted by Crippen LogP contribution is 2.34. The maximum absolute atomic E-state index is 12.6. The number of amides is 2. The second-order valence-corrected chi connectivity index (χ2v) is 9.43. The molecule has 170 valence electrons. The maximum atomic E-state index is 12.6. The van der Waals surface area contributed by atoms with Gasteiger partial charge in [-0.1, -0.05) is 42.5 Å². The minimum atomic E-state index is -0.563. The summed E-state index contributed by atoms with van der Waals surface area (Å²) < 4.78 is 5.67. The van der Waals surface area contributed by atoms with Crippen molar-refractivity contribution in [3.63, 3.8) is 0 Å². The number of aromatic nitrogens is 1. The molecule has 0 aliphatic carbocycles. The molecule has 1 N–H and O–H groups in total. The van der Waals surface area contributed by atoms with Crippen LogP contribution in [-0.2, 0) is 29.1 Å². The van der Waals surface area contributed by atoms with Crippen LogP contribution in [0.5, 0.6) is 5.75 Å². The first-order chi connectivity index (χ1) is 16.1. The lowest BCUT2D eigenvalue weighted by Gasteiger charge is -2.32. The zero-order valence-electron chi connectivity index (χ0n) is 18.5. The number of carbonyl (C=O) groups is 2. The molecule has 0 saturated carbocycles. The van der Waals surface area contributed by atoms with Crippen molar-refractivity contribution in [2.75, 3.05) is 23.3 Å². The summed E-state index contributed by atoms with van der Waals surface area (Å²) in [6.07, 6.45) is 0.510. The molecule has 2 aliphatic rings. The molecule has 0 fully saturated rings. The van der Waals surface area contributed by atoms with E-state index < -0.39 is 6.10 Å². The van der Waals surface area contributed by atoms with Crippen LogP contribution in [0.25, 0.3) is 0 Å². The minimum absolute atomic E-state index is 0.135. The van der Waals surface area contributed by atoms with Crippen LogP contribution in [0, 0.1) is 0 Å². The number of para-hydroxylation sites is 2. The Morgan fingerprint density at radius 1 is 1.18 bits per heavy atom. The van der Waals surface area contributed by atoms with E-state index in [1.165, 1.54) is 10.4 Å². The van der Waals surface area contributed by atoms with E-state index in [0.717, 1.165) is 31.7 Å². The number of fused-ring (bicyclic) bond motifs is 2. The molecule has 1 aromatic heterocycles. The average molecular weight is 463 g/mol. The number of nitrogens with one attached hydrogen (secondary N) is 1. The lowest BCUT2D eigenvalue weighted by molar-refractivity contribution is -0.125. The third-order valence-electron chi connectivity index (χ3n) is 5.94. The van der Waals surface area contributed by atoms with E-state index in [1.54, 1.807) is 23.2 Å². The summed E-state index contributed by atoms with van der Waals surface area (Å²) in [4.78, 5) is 35.2. The molecule has 2 aliphatic heterocycles. The van der Waals surface area contributed by atoms with E-state index in [0.29, 0.717) is 23.1 Å². The predicted octanol–water partition coefficient (Wildman–Crippen LogP) is 3.84. The highest BCUT2D eigenvalue weighted by molar-refractivity contribution is 7.15. The van der Waals surface area contributed by atoms with Crippen LogP contribution in [0.1, 0.15) is 29.5 Å². The number of nitrogens with zero attached hydrogens (tertiary/aromatic N) is 3. The van der Waals surface area contributed by atoms with Gasteiger partial charge in [0, 0.05) is 43.9 Å². The highest BCUT2D eigenvalue weighted by Gasteiger charge is 2.31. The number of hydrogen-bond acceptors (Lipinski definition) is 6. The van der Waals surface area contributed by atoms with Crippen molar-refractivity contribution < 1.29 is 14.3 Å². The summed E-state index contributed by atoms with van der Waals surface area (Å²) in [5.41, 5.74) is 3.08. The van der Waals surface area contributed by atoms with Crippen molar-refractivity contribution >= 4 is 34.0 Å². The van der Waals surface area contributed by atoms with Gasteiger partial charge < -0.3 is 15.0 Å². The van der Waals surface area contributed by atoms with E-state index in [1.807, 2.05) is 30.3 Å². The summed E-state index contributed by atoms with van der Waals surface area (Å²) in [5.74, 6) is 0.383. The van der Waals surface area contributed by atoms with Crippen LogP contribution < -0.4 is 15.0 Å². The first-order valence-corrected chi connectivity index (χ1v) is 12.0. The lowest BCUT2D eigenvalue weighted by Crippen LogP contribution is -2.45. The van der Waals surface area contributed by atoms with Gasteiger partial charge in [0.15, 0.2) is 11.2 Å². The Hall–Kier alpha value is -3.23. The molecule has 3 heterocycles. The Kier molecular flexibility index (Phi) is 6.11. The van der Waals surface area contributed by atoms with Gasteiger partial charge in [-0.25, -0.2) is 4.98 Å². The Labute approximate surface area is 197 Å². The third-order valence-corrected chi connectivity index (χ3v) is 6.94. The molecule has 1 unspecified atom stereocenters. The number of benzene rings is 2. The lowest BCUT2D eigenvalue weighted by atomic mass is 10.1. The summed E-state index contributed by atoms with van der Waals surface area (Å²) in [6, 6.07) is 17.9. The monoisotopic (exact) mass is 462 g/mol. The van der Waals surface area contributed by atoms with E-state index in [-0.39, 0.29) is 18.2 Å². The number of rotatable bonds is 6. The van der Waals surface area contributed by atoms with Crippen LogP contribution in [0.4, 0.5) is 10.8 Å². The molecule has 2 aromatic carbocycles. The SMILES string of the molecule is CC1Oc2ccccc2N(CCC(=O)Nc2nc3c(s2)CN(Cc2ccccc2)CC3)C1=O. The second-order valence-electron chi connectivity index (χ2n) is 8.35. The Balaban J connectivity index is 1.18. The standard InChI is InChI=1S/C25H26N4O3S/c1-17-24(31)29(20-9-5-6-10-21(20)32-17)14-12-23(30)27-25-26-19-11-13-28(16-22(19)33-25)15-18-7-3-2-4-8-18/h2-10,17H,11-16H2,1H3,(H,26,27,30). The molecule has 3 aromatic rings. The smallest absolute Gasteiger partial charge is 0.267 e. The molecule has 2 amide bonds. The van der Waals surface area contributed by atoms with Gasteiger partial charge in [0.1, 0.15) is 5.75 Å². The molecule has 1 atom stereocenters. The molecule has 0 radical (unpaired) electrons. The Bertz CT molecular complexity index is 1160.